The zero-order valence-corrected chi connectivity index (χ0v) is 11.9. The normalized spacial score (nSPS) is 21.5. The van der Waals surface area contributed by atoms with Crippen LogP contribution in [0.2, 0.25) is 0 Å². The van der Waals surface area contributed by atoms with E-state index in [1.807, 2.05) is 0 Å². The minimum atomic E-state index is 0.529. The van der Waals surface area contributed by atoms with Crippen LogP contribution in [0, 0.1) is 0 Å². The van der Waals surface area contributed by atoms with E-state index in [-0.39, 0.29) is 0 Å². The SMILES string of the molecule is CC(C)NCc1nc(CN2CCCC2C)cs1. The van der Waals surface area contributed by atoms with Crippen LogP contribution < -0.4 is 5.32 Å². The minimum Gasteiger partial charge on any atom is -0.308 e. The van der Waals surface area contributed by atoms with Gasteiger partial charge >= 0.3 is 0 Å². The molecule has 2 rings (SSSR count). The molecule has 0 saturated carbocycles. The van der Waals surface area contributed by atoms with Crippen molar-refractivity contribution in [3.63, 3.8) is 0 Å². The summed E-state index contributed by atoms with van der Waals surface area (Å²) in [7, 11) is 0. The van der Waals surface area contributed by atoms with Crippen LogP contribution in [0.4, 0.5) is 0 Å². The van der Waals surface area contributed by atoms with E-state index < -0.39 is 0 Å². The van der Waals surface area contributed by atoms with Crippen molar-refractivity contribution in [1.29, 1.82) is 0 Å². The van der Waals surface area contributed by atoms with Gasteiger partial charge in [-0.1, -0.05) is 13.8 Å². The fraction of sp³-hybridized carbons (Fsp3) is 0.769. The highest BCUT2D eigenvalue weighted by Gasteiger charge is 2.20. The Morgan fingerprint density at radius 1 is 1.59 bits per heavy atom. The van der Waals surface area contributed by atoms with E-state index in [0.717, 1.165) is 19.1 Å². The molecule has 1 aromatic heterocycles. The molecule has 1 N–H and O–H groups in total. The maximum absolute atomic E-state index is 4.69. The molecule has 4 heteroatoms. The Labute approximate surface area is 108 Å². The van der Waals surface area contributed by atoms with Gasteiger partial charge in [0.05, 0.1) is 5.69 Å². The lowest BCUT2D eigenvalue weighted by Crippen LogP contribution is -2.26. The second-order valence-corrected chi connectivity index (χ2v) is 6.17. The van der Waals surface area contributed by atoms with Crippen LogP contribution in [0.15, 0.2) is 5.38 Å². The highest BCUT2D eigenvalue weighted by molar-refractivity contribution is 7.09. The van der Waals surface area contributed by atoms with E-state index in [2.05, 4.69) is 36.4 Å². The lowest BCUT2D eigenvalue weighted by molar-refractivity contribution is 0.257. The highest BCUT2D eigenvalue weighted by atomic mass is 32.1. The highest BCUT2D eigenvalue weighted by Crippen LogP contribution is 2.20. The molecule has 1 atom stereocenters. The van der Waals surface area contributed by atoms with Crippen LogP contribution in [-0.4, -0.2) is 28.5 Å². The van der Waals surface area contributed by atoms with Crippen LogP contribution in [0.3, 0.4) is 0 Å². The Balaban J connectivity index is 1.85. The van der Waals surface area contributed by atoms with Gasteiger partial charge in [0.1, 0.15) is 5.01 Å². The second kappa shape index (κ2) is 5.94. The molecule has 0 aromatic carbocycles. The second-order valence-electron chi connectivity index (χ2n) is 5.23. The predicted octanol–water partition coefficient (Wildman–Crippen LogP) is 2.63. The Kier molecular flexibility index (Phi) is 4.54. The largest absolute Gasteiger partial charge is 0.308 e. The summed E-state index contributed by atoms with van der Waals surface area (Å²) in [5, 5.41) is 6.83. The summed E-state index contributed by atoms with van der Waals surface area (Å²) in [6.45, 7) is 9.82. The molecule has 96 valence electrons. The topological polar surface area (TPSA) is 28.2 Å². The summed E-state index contributed by atoms with van der Waals surface area (Å²) in [5.74, 6) is 0. The van der Waals surface area contributed by atoms with E-state index >= 15 is 0 Å². The van der Waals surface area contributed by atoms with Gasteiger partial charge in [-0.25, -0.2) is 4.98 Å². The number of aromatic nitrogens is 1. The summed E-state index contributed by atoms with van der Waals surface area (Å²) in [5.41, 5.74) is 1.24. The zero-order valence-electron chi connectivity index (χ0n) is 11.1. The van der Waals surface area contributed by atoms with Gasteiger partial charge in [0.15, 0.2) is 0 Å². The van der Waals surface area contributed by atoms with Crippen LogP contribution in [0.25, 0.3) is 0 Å². The first kappa shape index (κ1) is 13.0. The number of hydrogen-bond acceptors (Lipinski definition) is 4. The van der Waals surface area contributed by atoms with Gasteiger partial charge in [-0.05, 0) is 26.3 Å². The average molecular weight is 253 g/mol. The molecular formula is C13H23N3S. The van der Waals surface area contributed by atoms with Crippen molar-refractivity contribution in [3.05, 3.63) is 16.1 Å². The fourth-order valence-corrected chi connectivity index (χ4v) is 2.97. The van der Waals surface area contributed by atoms with Crippen molar-refractivity contribution in [1.82, 2.24) is 15.2 Å². The van der Waals surface area contributed by atoms with E-state index in [1.54, 1.807) is 11.3 Å². The first-order valence-corrected chi connectivity index (χ1v) is 7.44. The summed E-state index contributed by atoms with van der Waals surface area (Å²) < 4.78 is 0. The number of thiazole rings is 1. The summed E-state index contributed by atoms with van der Waals surface area (Å²) in [4.78, 5) is 7.23. The van der Waals surface area contributed by atoms with Crippen molar-refractivity contribution in [2.24, 2.45) is 0 Å². The molecule has 3 nitrogen and oxygen atoms in total. The van der Waals surface area contributed by atoms with Crippen LogP contribution in [0.5, 0.6) is 0 Å². The van der Waals surface area contributed by atoms with E-state index in [4.69, 9.17) is 4.98 Å². The number of nitrogens with one attached hydrogen (secondary N) is 1. The fourth-order valence-electron chi connectivity index (χ4n) is 2.23. The molecule has 1 aliphatic rings. The van der Waals surface area contributed by atoms with Gasteiger partial charge in [0.25, 0.3) is 0 Å². The van der Waals surface area contributed by atoms with Gasteiger partial charge in [-0.15, -0.1) is 11.3 Å². The maximum Gasteiger partial charge on any atom is 0.107 e. The molecule has 1 unspecified atom stereocenters. The molecule has 0 amide bonds. The quantitative estimate of drug-likeness (QED) is 0.874. The molecule has 1 saturated heterocycles. The van der Waals surface area contributed by atoms with Crippen molar-refractivity contribution in [2.45, 2.75) is 58.8 Å². The lowest BCUT2D eigenvalue weighted by Gasteiger charge is -2.19. The molecule has 0 radical (unpaired) electrons. The van der Waals surface area contributed by atoms with Crippen molar-refractivity contribution in [3.8, 4) is 0 Å². The molecule has 0 aliphatic carbocycles. The predicted molar refractivity (Wildman–Crippen MR) is 73.2 cm³/mol. The van der Waals surface area contributed by atoms with Crippen LogP contribution >= 0.6 is 11.3 Å². The summed E-state index contributed by atoms with van der Waals surface area (Å²) in [6, 6.07) is 1.26. The molecule has 0 bridgehead atoms. The molecule has 1 aromatic rings. The zero-order chi connectivity index (χ0) is 12.3. The number of nitrogens with zero attached hydrogens (tertiary/aromatic N) is 2. The molecule has 0 spiro atoms. The molecule has 1 aliphatic heterocycles. The summed E-state index contributed by atoms with van der Waals surface area (Å²) >= 11 is 1.78. The van der Waals surface area contributed by atoms with Gasteiger partial charge in [0, 0.05) is 30.6 Å². The Bertz CT molecular complexity index is 348. The number of hydrogen-bond donors (Lipinski definition) is 1. The smallest absolute Gasteiger partial charge is 0.107 e. The van der Waals surface area contributed by atoms with Gasteiger partial charge in [-0.3, -0.25) is 4.90 Å². The molecule has 1 fully saturated rings. The Morgan fingerprint density at radius 2 is 2.41 bits per heavy atom. The third-order valence-electron chi connectivity index (χ3n) is 3.32. The molecule has 17 heavy (non-hydrogen) atoms. The minimum absolute atomic E-state index is 0.529. The van der Waals surface area contributed by atoms with E-state index in [1.165, 1.54) is 30.1 Å². The molecular weight excluding hydrogens is 230 g/mol. The number of likely N-dealkylation sites (tertiary alicyclic amines) is 1. The van der Waals surface area contributed by atoms with Gasteiger partial charge in [-0.2, -0.15) is 0 Å². The van der Waals surface area contributed by atoms with E-state index in [9.17, 15) is 0 Å². The van der Waals surface area contributed by atoms with Crippen molar-refractivity contribution >= 4 is 11.3 Å². The Morgan fingerprint density at radius 3 is 3.06 bits per heavy atom. The maximum atomic E-state index is 4.69. The molecule has 2 heterocycles. The standard InChI is InChI=1S/C13H23N3S/c1-10(2)14-7-13-15-12(9-17-13)8-16-6-4-5-11(16)3/h9-11,14H,4-8H2,1-3H3. The van der Waals surface area contributed by atoms with Crippen LogP contribution in [0.1, 0.15) is 44.3 Å². The average Bonchev–Trinajstić information content (AvgIpc) is 2.87. The lowest BCUT2D eigenvalue weighted by atomic mass is 10.2. The Hall–Kier alpha value is -0.450. The first-order valence-electron chi connectivity index (χ1n) is 6.56. The monoisotopic (exact) mass is 253 g/mol. The van der Waals surface area contributed by atoms with Crippen molar-refractivity contribution < 1.29 is 0 Å². The van der Waals surface area contributed by atoms with Crippen LogP contribution in [-0.2, 0) is 13.1 Å². The van der Waals surface area contributed by atoms with E-state index in [0.29, 0.717) is 6.04 Å². The van der Waals surface area contributed by atoms with Gasteiger partial charge < -0.3 is 5.32 Å². The van der Waals surface area contributed by atoms with Crippen molar-refractivity contribution in [2.75, 3.05) is 6.54 Å². The first-order chi connectivity index (χ1) is 8.15. The van der Waals surface area contributed by atoms with Gasteiger partial charge in [0.2, 0.25) is 0 Å². The third kappa shape index (κ3) is 3.76. The number of rotatable bonds is 5. The summed E-state index contributed by atoms with van der Waals surface area (Å²) in [6.07, 6.45) is 2.68. The third-order valence-corrected chi connectivity index (χ3v) is 4.21.